The maximum absolute atomic E-state index is 10.6. The van der Waals surface area contributed by atoms with Gasteiger partial charge in [0.15, 0.2) is 0 Å². The molecule has 0 amide bonds. The normalized spacial score (nSPS) is 10.9. The predicted molar refractivity (Wildman–Crippen MR) is 73.5 cm³/mol. The number of benzene rings is 1. The largest absolute Gasteiger partial charge is 0.485 e. The number of carboxylic acids is 1. The zero-order valence-corrected chi connectivity index (χ0v) is 11.4. The van der Waals surface area contributed by atoms with E-state index in [0.29, 0.717) is 22.0 Å². The minimum Gasteiger partial charge on any atom is -0.485 e. The van der Waals surface area contributed by atoms with Crippen LogP contribution in [0.25, 0.3) is 6.08 Å². The molecule has 1 aromatic carbocycles. The Hall–Kier alpha value is -2.34. The Kier molecular flexibility index (Phi) is 4.37. The molecule has 7 heteroatoms. The standard InChI is InChI=1S/C13H12ClN3O3/c1-17-7-10(15-16-17)8-20-13-9(5-6-12(18)19)3-2-4-11(13)14/h2-7H,8H2,1H3,(H,18,19)/b6-5+. The van der Waals surface area contributed by atoms with Crippen molar-refractivity contribution in [3.05, 3.63) is 46.8 Å². The summed E-state index contributed by atoms with van der Waals surface area (Å²) in [5.74, 6) is -0.623. The molecular weight excluding hydrogens is 282 g/mol. The van der Waals surface area contributed by atoms with Crippen molar-refractivity contribution in [2.75, 3.05) is 0 Å². The molecule has 0 atom stereocenters. The minimum atomic E-state index is -1.04. The highest BCUT2D eigenvalue weighted by atomic mass is 35.5. The molecule has 0 spiro atoms. The van der Waals surface area contributed by atoms with Crippen LogP contribution >= 0.6 is 11.6 Å². The third kappa shape index (κ3) is 3.58. The number of aryl methyl sites for hydroxylation is 1. The molecule has 0 radical (unpaired) electrons. The van der Waals surface area contributed by atoms with Crippen LogP contribution in [-0.4, -0.2) is 26.1 Å². The average Bonchev–Trinajstić information content (AvgIpc) is 2.81. The van der Waals surface area contributed by atoms with E-state index in [9.17, 15) is 4.79 Å². The fourth-order valence-corrected chi connectivity index (χ4v) is 1.81. The van der Waals surface area contributed by atoms with Crippen molar-refractivity contribution in [1.29, 1.82) is 0 Å². The van der Waals surface area contributed by atoms with Crippen LogP contribution in [0.5, 0.6) is 5.75 Å². The van der Waals surface area contributed by atoms with Crippen LogP contribution in [0.3, 0.4) is 0 Å². The lowest BCUT2D eigenvalue weighted by Gasteiger charge is -2.09. The Morgan fingerprint density at radius 3 is 3.00 bits per heavy atom. The molecule has 0 aliphatic heterocycles. The summed E-state index contributed by atoms with van der Waals surface area (Å²) >= 11 is 6.07. The second-order valence-corrected chi connectivity index (χ2v) is 4.41. The first-order valence-corrected chi connectivity index (χ1v) is 6.11. The van der Waals surface area contributed by atoms with Gasteiger partial charge in [0, 0.05) is 18.7 Å². The van der Waals surface area contributed by atoms with Gasteiger partial charge in [0.1, 0.15) is 18.1 Å². The lowest BCUT2D eigenvalue weighted by Crippen LogP contribution is -1.98. The van der Waals surface area contributed by atoms with Crippen molar-refractivity contribution >= 4 is 23.6 Å². The van der Waals surface area contributed by atoms with Crippen LogP contribution in [-0.2, 0) is 18.4 Å². The molecule has 104 valence electrons. The molecular formula is C13H12ClN3O3. The fourth-order valence-electron chi connectivity index (χ4n) is 1.58. The summed E-state index contributed by atoms with van der Waals surface area (Å²) in [7, 11) is 1.76. The van der Waals surface area contributed by atoms with Crippen LogP contribution in [0, 0.1) is 0 Å². The van der Waals surface area contributed by atoms with E-state index in [0.717, 1.165) is 6.08 Å². The van der Waals surface area contributed by atoms with Gasteiger partial charge < -0.3 is 9.84 Å². The third-order valence-electron chi connectivity index (χ3n) is 2.42. The van der Waals surface area contributed by atoms with Crippen LogP contribution in [0.2, 0.25) is 5.02 Å². The number of hydrogen-bond donors (Lipinski definition) is 1. The van der Waals surface area contributed by atoms with Crippen LogP contribution in [0.1, 0.15) is 11.3 Å². The summed E-state index contributed by atoms with van der Waals surface area (Å²) in [5.41, 5.74) is 1.24. The van der Waals surface area contributed by atoms with E-state index in [4.69, 9.17) is 21.4 Å². The number of carbonyl (C=O) groups is 1. The SMILES string of the molecule is Cn1cc(COc2c(Cl)cccc2/C=C/C(=O)O)nn1. The highest BCUT2D eigenvalue weighted by Gasteiger charge is 2.08. The zero-order chi connectivity index (χ0) is 14.5. The van der Waals surface area contributed by atoms with Crippen molar-refractivity contribution in [2.24, 2.45) is 7.05 Å². The van der Waals surface area contributed by atoms with E-state index in [1.165, 1.54) is 6.08 Å². The number of para-hydroxylation sites is 1. The van der Waals surface area contributed by atoms with Crippen LogP contribution in [0.4, 0.5) is 0 Å². The maximum Gasteiger partial charge on any atom is 0.328 e. The molecule has 0 aliphatic carbocycles. The molecule has 1 aromatic heterocycles. The molecule has 1 heterocycles. The van der Waals surface area contributed by atoms with Crippen LogP contribution in [0.15, 0.2) is 30.5 Å². The molecule has 2 aromatic rings. The second-order valence-electron chi connectivity index (χ2n) is 4.00. The number of halogens is 1. The number of nitrogens with zero attached hydrogens (tertiary/aromatic N) is 3. The molecule has 0 aliphatic rings. The highest BCUT2D eigenvalue weighted by Crippen LogP contribution is 2.30. The van der Waals surface area contributed by atoms with Gasteiger partial charge >= 0.3 is 5.97 Å². The van der Waals surface area contributed by atoms with Gasteiger partial charge in [-0.15, -0.1) is 5.10 Å². The number of carboxylic acid groups (broad SMARTS) is 1. The first-order chi connectivity index (χ1) is 9.56. The van der Waals surface area contributed by atoms with Gasteiger partial charge in [-0.1, -0.05) is 28.9 Å². The molecule has 0 unspecified atom stereocenters. The Balaban J connectivity index is 2.19. The molecule has 0 saturated carbocycles. The van der Waals surface area contributed by atoms with Crippen LogP contribution < -0.4 is 4.74 Å². The maximum atomic E-state index is 10.6. The third-order valence-corrected chi connectivity index (χ3v) is 2.72. The van der Waals surface area contributed by atoms with Gasteiger partial charge in [0.2, 0.25) is 0 Å². The highest BCUT2D eigenvalue weighted by molar-refractivity contribution is 6.32. The summed E-state index contributed by atoms with van der Waals surface area (Å²) in [6.45, 7) is 0.200. The Bertz CT molecular complexity index is 652. The van der Waals surface area contributed by atoms with Gasteiger partial charge in [-0.25, -0.2) is 4.79 Å². The van der Waals surface area contributed by atoms with Crippen molar-refractivity contribution in [3.63, 3.8) is 0 Å². The monoisotopic (exact) mass is 293 g/mol. The first-order valence-electron chi connectivity index (χ1n) is 5.74. The number of ether oxygens (including phenoxy) is 1. The van der Waals surface area contributed by atoms with E-state index >= 15 is 0 Å². The van der Waals surface area contributed by atoms with Crippen molar-refractivity contribution in [1.82, 2.24) is 15.0 Å². The Labute approximate surface area is 120 Å². The molecule has 20 heavy (non-hydrogen) atoms. The lowest BCUT2D eigenvalue weighted by molar-refractivity contribution is -0.131. The average molecular weight is 294 g/mol. The molecule has 0 saturated heterocycles. The van der Waals surface area contributed by atoms with Crippen molar-refractivity contribution in [2.45, 2.75) is 6.61 Å². The van der Waals surface area contributed by atoms with Gasteiger partial charge in [-0.05, 0) is 12.1 Å². The van der Waals surface area contributed by atoms with E-state index in [-0.39, 0.29) is 6.61 Å². The summed E-state index contributed by atoms with van der Waals surface area (Å²) in [5, 5.41) is 16.8. The summed E-state index contributed by atoms with van der Waals surface area (Å²) in [6, 6.07) is 5.11. The smallest absolute Gasteiger partial charge is 0.328 e. The quantitative estimate of drug-likeness (QED) is 0.855. The molecule has 1 N–H and O–H groups in total. The number of aliphatic carboxylic acids is 1. The Morgan fingerprint density at radius 1 is 1.55 bits per heavy atom. The van der Waals surface area contributed by atoms with Gasteiger partial charge in [0.25, 0.3) is 0 Å². The van der Waals surface area contributed by atoms with E-state index in [1.54, 1.807) is 36.1 Å². The number of rotatable bonds is 5. The number of aromatic nitrogens is 3. The van der Waals surface area contributed by atoms with Gasteiger partial charge in [-0.3, -0.25) is 4.68 Å². The molecule has 2 rings (SSSR count). The van der Waals surface area contributed by atoms with Gasteiger partial charge in [0.05, 0.1) is 11.2 Å². The summed E-state index contributed by atoms with van der Waals surface area (Å²) < 4.78 is 7.17. The molecule has 0 fully saturated rings. The summed E-state index contributed by atoms with van der Waals surface area (Å²) in [4.78, 5) is 10.6. The first kappa shape index (κ1) is 14.1. The van der Waals surface area contributed by atoms with E-state index in [1.807, 2.05) is 0 Å². The molecule has 6 nitrogen and oxygen atoms in total. The van der Waals surface area contributed by atoms with Crippen molar-refractivity contribution in [3.8, 4) is 5.75 Å². The van der Waals surface area contributed by atoms with E-state index < -0.39 is 5.97 Å². The number of hydrogen-bond acceptors (Lipinski definition) is 4. The van der Waals surface area contributed by atoms with E-state index in [2.05, 4.69) is 10.3 Å². The fraction of sp³-hybridized carbons (Fsp3) is 0.154. The predicted octanol–water partition coefficient (Wildman–Crippen LogP) is 2.15. The van der Waals surface area contributed by atoms with Crippen molar-refractivity contribution < 1.29 is 14.6 Å². The second kappa shape index (κ2) is 6.21. The zero-order valence-electron chi connectivity index (χ0n) is 10.7. The van der Waals surface area contributed by atoms with Gasteiger partial charge in [-0.2, -0.15) is 0 Å². The minimum absolute atomic E-state index is 0.200. The summed E-state index contributed by atoms with van der Waals surface area (Å²) in [6.07, 6.45) is 4.19. The molecule has 0 bridgehead atoms. The topological polar surface area (TPSA) is 77.2 Å². The Morgan fingerprint density at radius 2 is 2.35 bits per heavy atom. The lowest BCUT2D eigenvalue weighted by atomic mass is 10.2.